The molecule has 0 bridgehead atoms. The highest BCUT2D eigenvalue weighted by Gasteiger charge is 2.17. The van der Waals surface area contributed by atoms with E-state index < -0.39 is 0 Å². The van der Waals surface area contributed by atoms with Crippen LogP contribution >= 0.6 is 11.3 Å². The maximum absolute atomic E-state index is 4.75. The second-order valence-corrected chi connectivity index (χ2v) is 6.12. The lowest BCUT2D eigenvalue weighted by atomic mass is 10.1. The zero-order valence-corrected chi connectivity index (χ0v) is 11.5. The molecule has 18 heavy (non-hydrogen) atoms. The molecule has 1 aliphatic carbocycles. The Balaban J connectivity index is 1.82. The second kappa shape index (κ2) is 5.11. The number of nitrogens with zero attached hydrogens (tertiary/aromatic N) is 1. The number of hydrogen-bond acceptors (Lipinski definition) is 3. The first kappa shape index (κ1) is 11.7. The van der Waals surface area contributed by atoms with E-state index in [-0.39, 0.29) is 0 Å². The van der Waals surface area contributed by atoms with Gasteiger partial charge in [-0.15, -0.1) is 11.3 Å². The van der Waals surface area contributed by atoms with Gasteiger partial charge in [0.25, 0.3) is 0 Å². The minimum Gasteiger partial charge on any atom is -0.359 e. The molecule has 1 N–H and O–H groups in total. The molecular formula is C15H18N2S. The van der Waals surface area contributed by atoms with Gasteiger partial charge >= 0.3 is 0 Å². The van der Waals surface area contributed by atoms with Crippen molar-refractivity contribution in [2.75, 3.05) is 5.32 Å². The van der Waals surface area contributed by atoms with Crippen molar-refractivity contribution in [3.63, 3.8) is 0 Å². The molecule has 0 amide bonds. The minimum atomic E-state index is 0.638. The highest BCUT2D eigenvalue weighted by Crippen LogP contribution is 2.32. The third kappa shape index (κ3) is 2.41. The molecular weight excluding hydrogens is 240 g/mol. The van der Waals surface area contributed by atoms with E-state index in [1.807, 2.05) is 6.07 Å². The summed E-state index contributed by atoms with van der Waals surface area (Å²) in [6.45, 7) is 2.15. The molecule has 1 saturated carbocycles. The summed E-state index contributed by atoms with van der Waals surface area (Å²) in [6, 6.07) is 11.1. The Morgan fingerprint density at radius 3 is 2.61 bits per heavy atom. The molecule has 3 heteroatoms. The maximum Gasteiger partial charge on any atom is 0.183 e. The van der Waals surface area contributed by atoms with Crippen molar-refractivity contribution in [2.24, 2.45) is 0 Å². The third-order valence-corrected chi connectivity index (χ3v) is 4.43. The first-order valence-electron chi connectivity index (χ1n) is 6.62. The summed E-state index contributed by atoms with van der Waals surface area (Å²) in [5, 5.41) is 4.66. The van der Waals surface area contributed by atoms with Crippen LogP contribution in [0.5, 0.6) is 0 Å². The van der Waals surface area contributed by atoms with Gasteiger partial charge in [0.15, 0.2) is 5.13 Å². The Labute approximate surface area is 112 Å². The van der Waals surface area contributed by atoms with Crippen molar-refractivity contribution in [3.05, 3.63) is 35.2 Å². The maximum atomic E-state index is 4.75. The van der Waals surface area contributed by atoms with E-state index in [4.69, 9.17) is 4.98 Å². The fourth-order valence-corrected chi connectivity index (χ4v) is 3.48. The van der Waals surface area contributed by atoms with Crippen LogP contribution in [0.4, 0.5) is 5.13 Å². The lowest BCUT2D eigenvalue weighted by Crippen LogP contribution is -2.13. The third-order valence-electron chi connectivity index (χ3n) is 3.53. The number of nitrogens with one attached hydrogen (secondary N) is 1. The van der Waals surface area contributed by atoms with Crippen LogP contribution in [0.15, 0.2) is 30.3 Å². The molecule has 2 aromatic rings. The summed E-state index contributed by atoms with van der Waals surface area (Å²) in [5.74, 6) is 0. The Morgan fingerprint density at radius 2 is 1.89 bits per heavy atom. The van der Waals surface area contributed by atoms with Crippen LogP contribution in [0.2, 0.25) is 0 Å². The molecule has 94 valence electrons. The molecule has 3 rings (SSSR count). The minimum absolute atomic E-state index is 0.638. The zero-order chi connectivity index (χ0) is 12.4. The van der Waals surface area contributed by atoms with Crippen LogP contribution in [0.1, 0.15) is 30.6 Å². The van der Waals surface area contributed by atoms with Gasteiger partial charge in [0, 0.05) is 16.5 Å². The smallest absolute Gasteiger partial charge is 0.183 e. The molecule has 0 saturated heterocycles. The average Bonchev–Trinajstić information content (AvgIpc) is 3.01. The Hall–Kier alpha value is -1.35. The van der Waals surface area contributed by atoms with Crippen molar-refractivity contribution in [3.8, 4) is 11.3 Å². The van der Waals surface area contributed by atoms with Crippen LogP contribution < -0.4 is 5.32 Å². The van der Waals surface area contributed by atoms with Crippen molar-refractivity contribution in [1.82, 2.24) is 4.98 Å². The Bertz CT molecular complexity index is 513. The van der Waals surface area contributed by atoms with Crippen molar-refractivity contribution < 1.29 is 0 Å². The standard InChI is InChI=1S/C15H18N2S/c1-11-14(12-7-3-2-4-8-12)17-15(18-11)16-13-9-5-6-10-13/h2-4,7-8,13H,5-6,9-10H2,1H3,(H,16,17). The summed E-state index contributed by atoms with van der Waals surface area (Å²) < 4.78 is 0. The SMILES string of the molecule is Cc1sc(NC2CCCC2)nc1-c1ccccc1. The first-order chi connectivity index (χ1) is 8.83. The predicted octanol–water partition coefficient (Wildman–Crippen LogP) is 4.47. The summed E-state index contributed by atoms with van der Waals surface area (Å²) >= 11 is 1.77. The normalized spacial score (nSPS) is 16.1. The number of hydrogen-bond donors (Lipinski definition) is 1. The number of aryl methyl sites for hydroxylation is 1. The number of thiazole rings is 1. The van der Waals surface area contributed by atoms with Crippen molar-refractivity contribution >= 4 is 16.5 Å². The van der Waals surface area contributed by atoms with Crippen LogP contribution in [0.25, 0.3) is 11.3 Å². The van der Waals surface area contributed by atoms with Gasteiger partial charge in [-0.1, -0.05) is 43.2 Å². The molecule has 0 unspecified atom stereocenters. The van der Waals surface area contributed by atoms with Crippen LogP contribution in [-0.2, 0) is 0 Å². The molecule has 1 aromatic carbocycles. The van der Waals surface area contributed by atoms with Crippen LogP contribution in [-0.4, -0.2) is 11.0 Å². The van der Waals surface area contributed by atoms with E-state index >= 15 is 0 Å². The summed E-state index contributed by atoms with van der Waals surface area (Å²) in [5.41, 5.74) is 2.34. The second-order valence-electron chi connectivity index (χ2n) is 4.92. The van der Waals surface area contributed by atoms with Gasteiger partial charge < -0.3 is 5.32 Å². The van der Waals surface area contributed by atoms with Gasteiger partial charge in [0.05, 0.1) is 5.69 Å². The van der Waals surface area contributed by atoms with Gasteiger partial charge in [0.1, 0.15) is 0 Å². The highest BCUT2D eigenvalue weighted by molar-refractivity contribution is 7.16. The van der Waals surface area contributed by atoms with Crippen molar-refractivity contribution in [2.45, 2.75) is 38.6 Å². The molecule has 0 aliphatic heterocycles. The van der Waals surface area contributed by atoms with Gasteiger partial charge in [-0.25, -0.2) is 4.98 Å². The Morgan fingerprint density at radius 1 is 1.17 bits per heavy atom. The van der Waals surface area contributed by atoms with Crippen molar-refractivity contribution in [1.29, 1.82) is 0 Å². The summed E-state index contributed by atoms with van der Waals surface area (Å²) in [6.07, 6.45) is 5.29. The molecule has 0 atom stereocenters. The van der Waals surface area contributed by atoms with E-state index in [1.54, 1.807) is 11.3 Å². The first-order valence-corrected chi connectivity index (χ1v) is 7.44. The monoisotopic (exact) mass is 258 g/mol. The lowest BCUT2D eigenvalue weighted by Gasteiger charge is -2.09. The molecule has 1 heterocycles. The molecule has 1 aliphatic rings. The fourth-order valence-electron chi connectivity index (χ4n) is 2.57. The van der Waals surface area contributed by atoms with Gasteiger partial charge in [0.2, 0.25) is 0 Å². The highest BCUT2D eigenvalue weighted by atomic mass is 32.1. The van der Waals surface area contributed by atoms with E-state index in [2.05, 4.69) is 36.5 Å². The quantitative estimate of drug-likeness (QED) is 0.878. The van der Waals surface area contributed by atoms with E-state index in [0.29, 0.717) is 6.04 Å². The van der Waals surface area contributed by atoms with Gasteiger partial charge in [-0.05, 0) is 19.8 Å². The molecule has 0 spiro atoms. The van der Waals surface area contributed by atoms with Gasteiger partial charge in [-0.3, -0.25) is 0 Å². The van der Waals surface area contributed by atoms with Crippen LogP contribution in [0.3, 0.4) is 0 Å². The number of rotatable bonds is 3. The lowest BCUT2D eigenvalue weighted by molar-refractivity contribution is 0.754. The number of anilines is 1. The molecule has 1 aromatic heterocycles. The Kier molecular flexibility index (Phi) is 3.33. The number of benzene rings is 1. The van der Waals surface area contributed by atoms with E-state index in [1.165, 1.54) is 36.1 Å². The fraction of sp³-hybridized carbons (Fsp3) is 0.400. The summed E-state index contributed by atoms with van der Waals surface area (Å²) in [4.78, 5) is 6.04. The molecule has 2 nitrogen and oxygen atoms in total. The summed E-state index contributed by atoms with van der Waals surface area (Å²) in [7, 11) is 0. The van der Waals surface area contributed by atoms with Gasteiger partial charge in [-0.2, -0.15) is 0 Å². The largest absolute Gasteiger partial charge is 0.359 e. The topological polar surface area (TPSA) is 24.9 Å². The number of aromatic nitrogens is 1. The van der Waals surface area contributed by atoms with Crippen LogP contribution in [0, 0.1) is 6.92 Å². The van der Waals surface area contributed by atoms with E-state index in [9.17, 15) is 0 Å². The average molecular weight is 258 g/mol. The zero-order valence-electron chi connectivity index (χ0n) is 10.6. The molecule has 1 fully saturated rings. The predicted molar refractivity (Wildman–Crippen MR) is 78.2 cm³/mol. The molecule has 0 radical (unpaired) electrons. The van der Waals surface area contributed by atoms with E-state index in [0.717, 1.165) is 10.8 Å².